The average molecular weight is 369 g/mol. The third kappa shape index (κ3) is 3.06. The summed E-state index contributed by atoms with van der Waals surface area (Å²) in [4.78, 5) is 0.219. The summed E-state index contributed by atoms with van der Waals surface area (Å²) in [6.45, 7) is 1.97. The summed E-state index contributed by atoms with van der Waals surface area (Å²) >= 11 is 0. The molecule has 2 heterocycles. The van der Waals surface area contributed by atoms with Crippen molar-refractivity contribution >= 4 is 15.7 Å². The van der Waals surface area contributed by atoms with Crippen LogP contribution in [-0.4, -0.2) is 24.3 Å². The van der Waals surface area contributed by atoms with Crippen LogP contribution in [0.1, 0.15) is 12.5 Å². The number of benzene rings is 2. The number of nitrogens with zero attached hydrogens (tertiary/aromatic N) is 2. The molecule has 0 bridgehead atoms. The Morgan fingerprint density at radius 1 is 1.19 bits per heavy atom. The molecule has 2 aromatic carbocycles. The number of fused-ring (bicyclic) bond motifs is 1. The fourth-order valence-corrected chi connectivity index (χ4v) is 4.24. The predicted molar refractivity (Wildman–Crippen MR) is 99.7 cm³/mol. The highest BCUT2D eigenvalue weighted by Crippen LogP contribution is 2.32. The van der Waals surface area contributed by atoms with Crippen LogP contribution >= 0.6 is 0 Å². The van der Waals surface area contributed by atoms with Gasteiger partial charge in [-0.05, 0) is 30.7 Å². The molecule has 6 nitrogen and oxygen atoms in total. The Hall–Kier alpha value is -2.80. The molecule has 26 heavy (non-hydrogen) atoms. The van der Waals surface area contributed by atoms with Crippen molar-refractivity contribution in [2.24, 2.45) is 7.05 Å². The van der Waals surface area contributed by atoms with E-state index < -0.39 is 10.0 Å². The zero-order valence-corrected chi connectivity index (χ0v) is 15.3. The van der Waals surface area contributed by atoms with Crippen molar-refractivity contribution in [1.29, 1.82) is 0 Å². The van der Waals surface area contributed by atoms with Crippen LogP contribution in [-0.2, 0) is 23.5 Å². The Bertz CT molecular complexity index is 1060. The molecular weight excluding hydrogens is 350 g/mol. The van der Waals surface area contributed by atoms with E-state index >= 15 is 0 Å². The van der Waals surface area contributed by atoms with Crippen molar-refractivity contribution in [2.45, 2.75) is 24.3 Å². The summed E-state index contributed by atoms with van der Waals surface area (Å²) in [5.74, 6) is 0.753. The summed E-state index contributed by atoms with van der Waals surface area (Å²) in [6, 6.07) is 14.5. The number of nitrogens with one attached hydrogen (secondary N) is 1. The lowest BCUT2D eigenvalue weighted by Crippen LogP contribution is -2.13. The molecule has 0 amide bonds. The predicted octanol–water partition coefficient (Wildman–Crippen LogP) is 3.21. The van der Waals surface area contributed by atoms with Gasteiger partial charge in [0.2, 0.25) is 0 Å². The van der Waals surface area contributed by atoms with Gasteiger partial charge in [-0.25, -0.2) is 8.42 Å². The first-order chi connectivity index (χ1) is 12.4. The van der Waals surface area contributed by atoms with Gasteiger partial charge in [0.25, 0.3) is 10.0 Å². The van der Waals surface area contributed by atoms with E-state index in [2.05, 4.69) is 9.82 Å². The molecule has 134 valence electrons. The van der Waals surface area contributed by atoms with Crippen molar-refractivity contribution in [3.05, 3.63) is 60.3 Å². The molecule has 1 atom stereocenters. The van der Waals surface area contributed by atoms with Gasteiger partial charge in [0.1, 0.15) is 17.5 Å². The molecule has 4 rings (SSSR count). The Morgan fingerprint density at radius 2 is 1.96 bits per heavy atom. The molecule has 1 aliphatic rings. The molecular formula is C19H19N3O3S. The summed E-state index contributed by atoms with van der Waals surface area (Å²) in [7, 11) is -1.97. The lowest BCUT2D eigenvalue weighted by Gasteiger charge is -2.09. The molecule has 0 radical (unpaired) electrons. The van der Waals surface area contributed by atoms with E-state index in [1.54, 1.807) is 36.1 Å². The van der Waals surface area contributed by atoms with E-state index in [9.17, 15) is 8.42 Å². The Labute approximate surface area is 152 Å². The normalized spacial score (nSPS) is 16.2. The van der Waals surface area contributed by atoms with Crippen LogP contribution in [0.5, 0.6) is 5.75 Å². The van der Waals surface area contributed by atoms with Crippen LogP contribution < -0.4 is 9.46 Å². The summed E-state index contributed by atoms with van der Waals surface area (Å²) in [5, 5.41) is 4.40. The third-order valence-corrected chi connectivity index (χ3v) is 5.66. The highest BCUT2D eigenvalue weighted by atomic mass is 32.2. The molecule has 0 spiro atoms. The first kappa shape index (κ1) is 16.7. The van der Waals surface area contributed by atoms with Crippen LogP contribution in [0.4, 0.5) is 5.69 Å². The van der Waals surface area contributed by atoms with Gasteiger partial charge in [0.05, 0.1) is 10.6 Å². The summed E-state index contributed by atoms with van der Waals surface area (Å²) < 4.78 is 35.7. The lowest BCUT2D eigenvalue weighted by atomic mass is 10.1. The second kappa shape index (κ2) is 6.17. The topological polar surface area (TPSA) is 73.2 Å². The van der Waals surface area contributed by atoms with E-state index in [0.717, 1.165) is 16.9 Å². The fraction of sp³-hybridized carbons (Fsp3) is 0.211. The number of aryl methyl sites for hydroxylation is 1. The summed E-state index contributed by atoms with van der Waals surface area (Å²) in [5.41, 5.74) is 2.80. The second-order valence-corrected chi connectivity index (χ2v) is 8.12. The molecule has 0 saturated heterocycles. The molecule has 1 aliphatic heterocycles. The number of aromatic nitrogens is 2. The molecule has 3 aromatic rings. The largest absolute Gasteiger partial charge is 0.490 e. The first-order valence-corrected chi connectivity index (χ1v) is 9.82. The van der Waals surface area contributed by atoms with E-state index in [1.807, 2.05) is 37.3 Å². The number of sulfonamides is 1. The zero-order chi connectivity index (χ0) is 18.3. The molecule has 0 aliphatic carbocycles. The quantitative estimate of drug-likeness (QED) is 0.766. The van der Waals surface area contributed by atoms with Crippen molar-refractivity contribution < 1.29 is 13.2 Å². The zero-order valence-electron chi connectivity index (χ0n) is 14.5. The van der Waals surface area contributed by atoms with Crippen molar-refractivity contribution in [2.75, 3.05) is 4.72 Å². The fourth-order valence-electron chi connectivity index (χ4n) is 3.14. The van der Waals surface area contributed by atoms with Crippen molar-refractivity contribution in [3.8, 4) is 17.0 Å². The monoisotopic (exact) mass is 369 g/mol. The van der Waals surface area contributed by atoms with E-state index in [1.165, 1.54) is 0 Å². The number of hydrogen-bond acceptors (Lipinski definition) is 4. The van der Waals surface area contributed by atoms with Crippen molar-refractivity contribution in [1.82, 2.24) is 9.78 Å². The van der Waals surface area contributed by atoms with Gasteiger partial charge in [-0.2, -0.15) is 5.10 Å². The van der Waals surface area contributed by atoms with Gasteiger partial charge < -0.3 is 4.74 Å². The van der Waals surface area contributed by atoms with Crippen LogP contribution in [0.3, 0.4) is 0 Å². The Balaban J connectivity index is 1.69. The number of rotatable bonds is 4. The molecule has 0 saturated carbocycles. The maximum Gasteiger partial charge on any atom is 0.262 e. The number of hydrogen-bond donors (Lipinski definition) is 1. The van der Waals surface area contributed by atoms with Crippen molar-refractivity contribution in [3.63, 3.8) is 0 Å². The maximum absolute atomic E-state index is 12.9. The second-order valence-electron chi connectivity index (χ2n) is 6.44. The third-order valence-electron chi connectivity index (χ3n) is 4.30. The van der Waals surface area contributed by atoms with Gasteiger partial charge >= 0.3 is 0 Å². The minimum absolute atomic E-state index is 0.0684. The van der Waals surface area contributed by atoms with E-state index in [-0.39, 0.29) is 11.0 Å². The highest BCUT2D eigenvalue weighted by Gasteiger charge is 2.24. The molecule has 0 unspecified atom stereocenters. The standard InChI is InChI=1S/C19H19N3O3S/c1-13-10-15-11-16(8-9-18(15)25-13)26(23,24)21-17-12-22(2)20-19(17)14-6-4-3-5-7-14/h3-9,11-13,21H,10H2,1-2H3/t13-/m0/s1. The molecule has 7 heteroatoms. The first-order valence-electron chi connectivity index (χ1n) is 8.34. The van der Waals surface area contributed by atoms with Crippen LogP contribution in [0, 0.1) is 0 Å². The lowest BCUT2D eigenvalue weighted by molar-refractivity contribution is 0.254. The Kier molecular flexibility index (Phi) is 3.96. The van der Waals surface area contributed by atoms with E-state index in [0.29, 0.717) is 17.8 Å². The SMILES string of the molecule is C[C@H]1Cc2cc(S(=O)(=O)Nc3cn(C)nc3-c3ccccc3)ccc2O1. The van der Waals surface area contributed by atoms with Gasteiger partial charge in [-0.15, -0.1) is 0 Å². The van der Waals surface area contributed by atoms with Crippen LogP contribution in [0.2, 0.25) is 0 Å². The number of ether oxygens (including phenoxy) is 1. The van der Waals surface area contributed by atoms with Gasteiger partial charge in [0.15, 0.2) is 0 Å². The summed E-state index contributed by atoms with van der Waals surface area (Å²) in [6.07, 6.45) is 2.44. The smallest absolute Gasteiger partial charge is 0.262 e. The Morgan fingerprint density at radius 3 is 2.73 bits per heavy atom. The van der Waals surface area contributed by atoms with Crippen LogP contribution in [0.15, 0.2) is 59.6 Å². The molecule has 0 fully saturated rings. The average Bonchev–Trinajstić information content (AvgIpc) is 3.15. The van der Waals surface area contributed by atoms with Gasteiger partial charge in [-0.1, -0.05) is 30.3 Å². The van der Waals surface area contributed by atoms with Gasteiger partial charge in [0, 0.05) is 25.2 Å². The molecule has 1 aromatic heterocycles. The van der Waals surface area contributed by atoms with Crippen LogP contribution in [0.25, 0.3) is 11.3 Å². The highest BCUT2D eigenvalue weighted by molar-refractivity contribution is 7.92. The molecule has 1 N–H and O–H groups in total. The minimum atomic E-state index is -3.73. The van der Waals surface area contributed by atoms with Gasteiger partial charge in [-0.3, -0.25) is 9.40 Å². The van der Waals surface area contributed by atoms with E-state index in [4.69, 9.17) is 4.74 Å². The maximum atomic E-state index is 12.9. The number of anilines is 1. The minimum Gasteiger partial charge on any atom is -0.490 e.